The summed E-state index contributed by atoms with van der Waals surface area (Å²) in [5, 5.41) is 0. The zero-order chi connectivity index (χ0) is 20.6. The van der Waals surface area contributed by atoms with E-state index in [-0.39, 0.29) is 12.6 Å². The van der Waals surface area contributed by atoms with Crippen LogP contribution in [0.1, 0.15) is 35.3 Å². The molecule has 0 N–H and O–H groups in total. The lowest BCUT2D eigenvalue weighted by atomic mass is 9.97. The fourth-order valence-corrected chi connectivity index (χ4v) is 3.35. The third kappa shape index (κ3) is 3.53. The summed E-state index contributed by atoms with van der Waals surface area (Å²) in [6, 6.07) is 7.23. The van der Waals surface area contributed by atoms with E-state index in [1.54, 1.807) is 12.1 Å². The third-order valence-electron chi connectivity index (χ3n) is 4.76. The van der Waals surface area contributed by atoms with Crippen molar-refractivity contribution in [2.75, 3.05) is 21.0 Å². The molecule has 150 valence electrons. The van der Waals surface area contributed by atoms with Crippen LogP contribution in [0.25, 0.3) is 12.2 Å². The summed E-state index contributed by atoms with van der Waals surface area (Å²) >= 11 is 0. The van der Waals surface area contributed by atoms with Crippen LogP contribution < -0.4 is 23.7 Å². The summed E-state index contributed by atoms with van der Waals surface area (Å²) in [7, 11) is 3.05. The van der Waals surface area contributed by atoms with Gasteiger partial charge in [-0.15, -0.1) is 0 Å². The second-order valence-electron chi connectivity index (χ2n) is 7.25. The number of methoxy groups -OCH3 is 2. The second-order valence-corrected chi connectivity index (χ2v) is 7.25. The van der Waals surface area contributed by atoms with Crippen molar-refractivity contribution in [2.45, 2.75) is 19.4 Å². The van der Waals surface area contributed by atoms with E-state index in [1.165, 1.54) is 20.3 Å². The molecule has 0 amide bonds. The van der Waals surface area contributed by atoms with Crippen LogP contribution in [0.5, 0.6) is 28.7 Å². The number of carbonyl (C=O) groups is 1. The predicted molar refractivity (Wildman–Crippen MR) is 109 cm³/mol. The van der Waals surface area contributed by atoms with Crippen LogP contribution in [-0.4, -0.2) is 32.4 Å². The van der Waals surface area contributed by atoms with Gasteiger partial charge in [-0.25, -0.2) is 0 Å². The average molecular weight is 394 g/mol. The summed E-state index contributed by atoms with van der Waals surface area (Å²) in [5.74, 6) is 2.55. The second kappa shape index (κ2) is 7.20. The van der Waals surface area contributed by atoms with Gasteiger partial charge in [-0.05, 0) is 49.8 Å². The van der Waals surface area contributed by atoms with Gasteiger partial charge in [-0.3, -0.25) is 4.79 Å². The number of ether oxygens (including phenoxy) is 5. The zero-order valence-electron chi connectivity index (χ0n) is 16.8. The summed E-state index contributed by atoms with van der Waals surface area (Å²) in [6.07, 6.45) is 7.05. The molecule has 0 saturated heterocycles. The van der Waals surface area contributed by atoms with Crippen LogP contribution >= 0.6 is 0 Å². The Morgan fingerprint density at radius 2 is 1.86 bits per heavy atom. The third-order valence-corrected chi connectivity index (χ3v) is 4.76. The number of allylic oxidation sites excluding steroid dienone is 1. The molecule has 2 heterocycles. The highest BCUT2D eigenvalue weighted by molar-refractivity contribution is 6.11. The van der Waals surface area contributed by atoms with Crippen LogP contribution in [0.3, 0.4) is 0 Å². The Bertz CT molecular complexity index is 1030. The van der Waals surface area contributed by atoms with E-state index < -0.39 is 5.60 Å². The molecule has 29 heavy (non-hydrogen) atoms. The molecule has 0 unspecified atom stereocenters. The van der Waals surface area contributed by atoms with E-state index in [2.05, 4.69) is 0 Å². The van der Waals surface area contributed by atoms with Gasteiger partial charge in [-0.1, -0.05) is 12.1 Å². The SMILES string of the molecule is COc1cc2c(c(OC)c1C(=O)/C=C/c1ccc3c(c1)OCO3)C=CC(C)(C)O2. The Kier molecular flexibility index (Phi) is 4.70. The van der Waals surface area contributed by atoms with Crippen molar-refractivity contribution in [1.29, 1.82) is 0 Å². The molecule has 6 nitrogen and oxygen atoms in total. The standard InChI is InChI=1S/C23H22O6/c1-23(2)10-9-15-18(29-23)12-20(25-3)21(22(15)26-4)16(24)7-5-14-6-8-17-19(11-14)28-13-27-17/h5-12H,13H2,1-4H3/b7-5+. The quantitative estimate of drug-likeness (QED) is 0.549. The minimum Gasteiger partial charge on any atom is -0.496 e. The maximum atomic E-state index is 13.1. The molecule has 0 aliphatic carbocycles. The molecule has 0 saturated carbocycles. The Labute approximate surface area is 169 Å². The van der Waals surface area contributed by atoms with Crippen molar-refractivity contribution in [3.05, 3.63) is 53.1 Å². The van der Waals surface area contributed by atoms with E-state index in [0.717, 1.165) is 5.56 Å². The maximum Gasteiger partial charge on any atom is 0.231 e. The Balaban J connectivity index is 1.71. The van der Waals surface area contributed by atoms with Crippen molar-refractivity contribution in [2.24, 2.45) is 0 Å². The number of hydrogen-bond donors (Lipinski definition) is 0. The Morgan fingerprint density at radius 3 is 2.62 bits per heavy atom. The van der Waals surface area contributed by atoms with Crippen LogP contribution in [0.4, 0.5) is 0 Å². The first-order valence-corrected chi connectivity index (χ1v) is 9.21. The fraction of sp³-hybridized carbons (Fsp3) is 0.261. The molecule has 0 bridgehead atoms. The normalized spacial score (nSPS) is 15.7. The molecule has 6 heteroatoms. The Morgan fingerprint density at radius 1 is 1.07 bits per heavy atom. The highest BCUT2D eigenvalue weighted by atomic mass is 16.7. The van der Waals surface area contributed by atoms with Gasteiger partial charge in [-0.2, -0.15) is 0 Å². The summed E-state index contributed by atoms with van der Waals surface area (Å²) in [5.41, 5.74) is 1.43. The number of benzene rings is 2. The van der Waals surface area contributed by atoms with Gasteiger partial charge in [0.1, 0.15) is 28.4 Å². The Hall–Kier alpha value is -3.41. The number of carbonyl (C=O) groups excluding carboxylic acids is 1. The lowest BCUT2D eigenvalue weighted by Gasteiger charge is -2.29. The van der Waals surface area contributed by atoms with E-state index in [9.17, 15) is 4.79 Å². The van der Waals surface area contributed by atoms with Crippen LogP contribution in [0.15, 0.2) is 36.4 Å². The topological polar surface area (TPSA) is 63.2 Å². The monoisotopic (exact) mass is 394 g/mol. The van der Waals surface area contributed by atoms with Crippen molar-refractivity contribution >= 4 is 17.9 Å². The summed E-state index contributed by atoms with van der Waals surface area (Å²) < 4.78 is 27.8. The van der Waals surface area contributed by atoms with Gasteiger partial charge < -0.3 is 23.7 Å². The highest BCUT2D eigenvalue weighted by Crippen LogP contribution is 2.44. The van der Waals surface area contributed by atoms with Crippen LogP contribution in [0, 0.1) is 0 Å². The van der Waals surface area contributed by atoms with Crippen LogP contribution in [0.2, 0.25) is 0 Å². The zero-order valence-corrected chi connectivity index (χ0v) is 16.8. The minimum absolute atomic E-state index is 0.206. The molecule has 0 spiro atoms. The molecular weight excluding hydrogens is 372 g/mol. The first-order chi connectivity index (χ1) is 13.9. The van der Waals surface area contributed by atoms with Crippen molar-refractivity contribution in [1.82, 2.24) is 0 Å². The van der Waals surface area contributed by atoms with Gasteiger partial charge in [0, 0.05) is 6.07 Å². The number of rotatable bonds is 5. The van der Waals surface area contributed by atoms with Gasteiger partial charge in [0.05, 0.1) is 19.8 Å². The van der Waals surface area contributed by atoms with E-state index in [0.29, 0.717) is 39.9 Å². The molecule has 0 atom stereocenters. The minimum atomic E-state index is -0.451. The maximum absolute atomic E-state index is 13.1. The summed E-state index contributed by atoms with van der Waals surface area (Å²) in [6.45, 7) is 4.12. The number of fused-ring (bicyclic) bond motifs is 2. The van der Waals surface area contributed by atoms with E-state index >= 15 is 0 Å². The first-order valence-electron chi connectivity index (χ1n) is 9.21. The van der Waals surface area contributed by atoms with Gasteiger partial charge in [0.25, 0.3) is 0 Å². The molecule has 2 aromatic rings. The molecule has 0 radical (unpaired) electrons. The number of hydrogen-bond acceptors (Lipinski definition) is 6. The van der Waals surface area contributed by atoms with Crippen molar-refractivity contribution < 1.29 is 28.5 Å². The van der Waals surface area contributed by atoms with Gasteiger partial charge >= 0.3 is 0 Å². The summed E-state index contributed by atoms with van der Waals surface area (Å²) in [4.78, 5) is 13.1. The lowest BCUT2D eigenvalue weighted by molar-refractivity contribution is 0.104. The molecule has 2 aliphatic rings. The van der Waals surface area contributed by atoms with Crippen molar-refractivity contribution in [3.8, 4) is 28.7 Å². The molecule has 0 fully saturated rings. The van der Waals surface area contributed by atoms with Gasteiger partial charge in [0.15, 0.2) is 17.3 Å². The average Bonchev–Trinajstić information content (AvgIpc) is 3.17. The predicted octanol–water partition coefficient (Wildman–Crippen LogP) is 4.51. The molecule has 2 aliphatic heterocycles. The smallest absolute Gasteiger partial charge is 0.231 e. The molecule has 2 aromatic carbocycles. The molecule has 4 rings (SSSR count). The van der Waals surface area contributed by atoms with E-state index in [4.69, 9.17) is 23.7 Å². The van der Waals surface area contributed by atoms with Crippen LogP contribution in [-0.2, 0) is 0 Å². The van der Waals surface area contributed by atoms with Crippen molar-refractivity contribution in [3.63, 3.8) is 0 Å². The molecule has 0 aromatic heterocycles. The van der Waals surface area contributed by atoms with Gasteiger partial charge in [0.2, 0.25) is 6.79 Å². The molecular formula is C23H22O6. The van der Waals surface area contributed by atoms with E-state index in [1.807, 2.05) is 44.2 Å². The highest BCUT2D eigenvalue weighted by Gasteiger charge is 2.29. The fourth-order valence-electron chi connectivity index (χ4n) is 3.35. The largest absolute Gasteiger partial charge is 0.496 e. The lowest BCUT2D eigenvalue weighted by Crippen LogP contribution is -2.27. The first kappa shape index (κ1) is 18.9. The number of ketones is 1.